The quantitative estimate of drug-likeness (QED) is 0.266. The van der Waals surface area contributed by atoms with Crippen LogP contribution in [0.5, 0.6) is 0 Å². The molecule has 0 unspecified atom stereocenters. The van der Waals surface area contributed by atoms with Gasteiger partial charge >= 0.3 is 0 Å². The first kappa shape index (κ1) is 25.3. The van der Waals surface area contributed by atoms with E-state index in [2.05, 4.69) is 48.7 Å². The van der Waals surface area contributed by atoms with Gasteiger partial charge in [-0.3, -0.25) is 4.79 Å². The highest BCUT2D eigenvalue weighted by molar-refractivity contribution is 6.96. The second kappa shape index (κ2) is 12.1. The molecule has 1 amide bonds. The Kier molecular flexibility index (Phi) is 10.2. The number of hydrogen-bond donors (Lipinski definition) is 1. The number of carbonyl (C=O) groups is 1. The van der Waals surface area contributed by atoms with Crippen LogP contribution in [0.2, 0.25) is 36.3 Å². The Morgan fingerprint density at radius 3 is 1.43 bits per heavy atom. The third-order valence-electron chi connectivity index (χ3n) is 5.33. The molecule has 4 nitrogen and oxygen atoms in total. The summed E-state index contributed by atoms with van der Waals surface area (Å²) in [6.45, 7) is 24.1. The Bertz CT molecular complexity index is 695. The van der Waals surface area contributed by atoms with Crippen molar-refractivity contribution in [2.75, 3.05) is 5.73 Å². The molecule has 0 bridgehead atoms. The minimum absolute atomic E-state index is 0.0167. The predicted molar refractivity (Wildman–Crippen MR) is 136 cm³/mol. The van der Waals surface area contributed by atoms with E-state index in [0.717, 1.165) is 36.3 Å². The number of nitrogen functional groups attached to an aromatic ring is 1. The van der Waals surface area contributed by atoms with E-state index in [1.54, 1.807) is 18.3 Å². The molecule has 2 N–H and O–H groups in total. The topological polar surface area (TPSA) is 59.2 Å². The van der Waals surface area contributed by atoms with Crippen molar-refractivity contribution < 1.29 is 4.79 Å². The second-order valence-corrected chi connectivity index (χ2v) is 16.2. The van der Waals surface area contributed by atoms with Gasteiger partial charge in [0, 0.05) is 6.20 Å². The maximum absolute atomic E-state index is 14.1. The molecule has 0 aliphatic carbocycles. The van der Waals surface area contributed by atoms with Crippen molar-refractivity contribution in [3.63, 3.8) is 0 Å². The summed E-state index contributed by atoms with van der Waals surface area (Å²) in [5.41, 5.74) is 6.30. The smallest absolute Gasteiger partial charge is 0.239 e. The monoisotopic (exact) mass is 437 g/mol. The average Bonchev–Trinajstić information content (AvgIpc) is 2.70. The highest BCUT2D eigenvalue weighted by Gasteiger charge is 2.50. The summed E-state index contributed by atoms with van der Waals surface area (Å²) < 4.78 is 2.24. The van der Waals surface area contributed by atoms with Gasteiger partial charge in [0.1, 0.15) is 5.82 Å². The number of rotatable bonds is 15. The Morgan fingerprint density at radius 2 is 1.17 bits per heavy atom. The first-order valence-corrected chi connectivity index (χ1v) is 15.3. The van der Waals surface area contributed by atoms with Crippen LogP contribution < -0.4 is 5.73 Å². The lowest BCUT2D eigenvalue weighted by Gasteiger charge is -2.52. The highest BCUT2D eigenvalue weighted by Crippen LogP contribution is 2.39. The van der Waals surface area contributed by atoms with E-state index in [4.69, 9.17) is 5.73 Å². The van der Waals surface area contributed by atoms with E-state index < -0.39 is 16.5 Å². The van der Waals surface area contributed by atoms with Crippen molar-refractivity contribution in [3.05, 3.63) is 99.8 Å². The summed E-state index contributed by atoms with van der Waals surface area (Å²) in [7, 11) is -4.89. The van der Waals surface area contributed by atoms with Crippen LogP contribution >= 0.6 is 0 Å². The molecule has 0 aromatic carbocycles. The van der Waals surface area contributed by atoms with Gasteiger partial charge in [-0.15, -0.1) is 39.5 Å². The van der Waals surface area contributed by atoms with Crippen molar-refractivity contribution in [2.45, 2.75) is 36.3 Å². The molecule has 0 aliphatic rings. The van der Waals surface area contributed by atoms with Crippen molar-refractivity contribution in [3.8, 4) is 0 Å². The summed E-state index contributed by atoms with van der Waals surface area (Å²) in [4.78, 5) is 18.3. The van der Waals surface area contributed by atoms with Gasteiger partial charge in [0.2, 0.25) is 5.91 Å². The van der Waals surface area contributed by atoms with Gasteiger partial charge in [-0.05, 0) is 48.4 Å². The number of nitrogens with two attached hydrogens (primary N) is 1. The summed E-state index contributed by atoms with van der Waals surface area (Å²) in [5, 5.41) is 0. The molecule has 1 heterocycles. The van der Waals surface area contributed by atoms with Crippen molar-refractivity contribution in [2.24, 2.45) is 0 Å². The Morgan fingerprint density at radius 1 is 0.800 bits per heavy atom. The summed E-state index contributed by atoms with van der Waals surface area (Å²) in [6.07, 6.45) is 13.1. The van der Waals surface area contributed by atoms with Gasteiger partial charge in [-0.25, -0.2) is 4.98 Å². The third kappa shape index (κ3) is 5.67. The summed E-state index contributed by atoms with van der Waals surface area (Å²) in [5.74, 6) is 0.369. The van der Waals surface area contributed by atoms with Crippen LogP contribution in [-0.4, -0.2) is 31.6 Å². The molecule has 0 atom stereocenters. The standard InChI is InChI=1S/C24H35N3OSi2/c1-7-15-29(16-8-2,17-9-3)27(24(28)22-13-14-23(25)26-21-22)30(18-10-4,19-11-5)20-12-6/h7-14,21H,1-6,15-20H2,(H2,25,26). The number of hydrogen-bond acceptors (Lipinski definition) is 3. The Hall–Kier alpha value is -2.71. The van der Waals surface area contributed by atoms with Gasteiger partial charge < -0.3 is 9.96 Å². The molecule has 0 spiro atoms. The van der Waals surface area contributed by atoms with E-state index in [1.165, 1.54) is 0 Å². The fraction of sp³-hybridized carbons (Fsp3) is 0.250. The molecular weight excluding hydrogens is 402 g/mol. The lowest BCUT2D eigenvalue weighted by Crippen LogP contribution is -2.68. The summed E-state index contributed by atoms with van der Waals surface area (Å²) >= 11 is 0. The van der Waals surface area contributed by atoms with Crippen molar-refractivity contribution in [1.82, 2.24) is 9.22 Å². The van der Waals surface area contributed by atoms with Crippen LogP contribution in [0.3, 0.4) is 0 Å². The van der Waals surface area contributed by atoms with Gasteiger partial charge in [0.05, 0.1) is 5.56 Å². The molecule has 0 radical (unpaired) electrons. The molecule has 0 aliphatic heterocycles. The first-order chi connectivity index (χ1) is 14.4. The van der Waals surface area contributed by atoms with E-state index in [-0.39, 0.29) is 5.91 Å². The van der Waals surface area contributed by atoms with Crippen LogP contribution in [0.1, 0.15) is 10.4 Å². The zero-order valence-corrected chi connectivity index (χ0v) is 20.1. The van der Waals surface area contributed by atoms with Gasteiger partial charge in [0.15, 0.2) is 16.5 Å². The molecule has 160 valence electrons. The molecule has 1 rings (SSSR count). The zero-order valence-electron chi connectivity index (χ0n) is 18.1. The van der Waals surface area contributed by atoms with Crippen LogP contribution in [0, 0.1) is 0 Å². The maximum Gasteiger partial charge on any atom is 0.239 e. The van der Waals surface area contributed by atoms with E-state index in [9.17, 15) is 4.79 Å². The third-order valence-corrected chi connectivity index (χ3v) is 16.8. The highest BCUT2D eigenvalue weighted by atomic mass is 28.4. The molecular formula is C24H35N3OSi2. The molecule has 1 aromatic heterocycles. The van der Waals surface area contributed by atoms with Crippen LogP contribution in [-0.2, 0) is 0 Å². The number of nitrogens with zero attached hydrogens (tertiary/aromatic N) is 2. The Labute approximate surface area is 184 Å². The number of aromatic nitrogens is 1. The van der Waals surface area contributed by atoms with Crippen molar-refractivity contribution >= 4 is 28.2 Å². The molecule has 6 heteroatoms. The van der Waals surface area contributed by atoms with Gasteiger partial charge in [-0.1, -0.05) is 36.5 Å². The Balaban J connectivity index is 3.89. The number of carbonyl (C=O) groups excluding carboxylic acids is 1. The molecule has 0 fully saturated rings. The number of anilines is 1. The molecule has 30 heavy (non-hydrogen) atoms. The fourth-order valence-electron chi connectivity index (χ4n) is 4.25. The average molecular weight is 438 g/mol. The number of pyridine rings is 1. The number of allylic oxidation sites excluding steroid dienone is 6. The minimum atomic E-state index is -2.44. The predicted octanol–water partition coefficient (Wildman–Crippen LogP) is 6.11. The zero-order chi connectivity index (χ0) is 22.6. The summed E-state index contributed by atoms with van der Waals surface area (Å²) in [6, 6.07) is 7.92. The second-order valence-electron chi connectivity index (χ2n) is 7.52. The van der Waals surface area contributed by atoms with Gasteiger partial charge in [-0.2, -0.15) is 0 Å². The molecule has 1 aromatic rings. The normalized spacial score (nSPS) is 11.2. The van der Waals surface area contributed by atoms with Crippen LogP contribution in [0.15, 0.2) is 94.3 Å². The van der Waals surface area contributed by atoms with E-state index in [1.807, 2.05) is 36.5 Å². The SMILES string of the molecule is C=CC[Si](CC=C)(CC=C)N(C(=O)c1ccc(N)nc1)[Si](CC=C)(CC=C)CC=C. The lowest BCUT2D eigenvalue weighted by molar-refractivity contribution is 0.0905. The first-order valence-electron chi connectivity index (χ1n) is 10.1. The lowest BCUT2D eigenvalue weighted by atomic mass is 10.3. The number of amides is 1. The maximum atomic E-state index is 14.1. The van der Waals surface area contributed by atoms with Crippen molar-refractivity contribution in [1.29, 1.82) is 0 Å². The molecule has 0 saturated heterocycles. The minimum Gasteiger partial charge on any atom is -0.389 e. The fourth-order valence-corrected chi connectivity index (χ4v) is 16.4. The van der Waals surface area contributed by atoms with Gasteiger partial charge in [0.25, 0.3) is 0 Å². The van der Waals surface area contributed by atoms with Crippen LogP contribution in [0.25, 0.3) is 0 Å². The largest absolute Gasteiger partial charge is 0.389 e. The van der Waals surface area contributed by atoms with Crippen LogP contribution in [0.4, 0.5) is 5.82 Å². The van der Waals surface area contributed by atoms with E-state index >= 15 is 0 Å². The molecule has 0 saturated carbocycles. The van der Waals surface area contributed by atoms with E-state index in [0.29, 0.717) is 11.4 Å².